The molecule has 0 aliphatic heterocycles. The van der Waals surface area contributed by atoms with Gasteiger partial charge in [0.1, 0.15) is 0 Å². The molecule has 0 saturated heterocycles. The highest BCUT2D eigenvalue weighted by atomic mass is 35.5. The fourth-order valence-corrected chi connectivity index (χ4v) is 3.18. The van der Waals surface area contributed by atoms with E-state index in [4.69, 9.17) is 16.0 Å². The zero-order valence-electron chi connectivity index (χ0n) is 10.5. The van der Waals surface area contributed by atoms with Crippen LogP contribution in [0.15, 0.2) is 45.9 Å². The van der Waals surface area contributed by atoms with Gasteiger partial charge in [0.15, 0.2) is 12.0 Å². The predicted octanol–water partition coefficient (Wildman–Crippen LogP) is 2.79. The lowest BCUT2D eigenvalue weighted by Gasteiger charge is -2.14. The Hall–Kier alpha value is -1.63. The highest BCUT2D eigenvalue weighted by Gasteiger charge is 2.22. The van der Waals surface area contributed by atoms with Gasteiger partial charge in [-0.15, -0.1) is 0 Å². The fraction of sp³-hybridized carbons (Fsp3) is 0.154. The van der Waals surface area contributed by atoms with E-state index in [2.05, 4.69) is 4.72 Å². The van der Waals surface area contributed by atoms with E-state index in [0.29, 0.717) is 16.9 Å². The van der Waals surface area contributed by atoms with E-state index in [1.165, 1.54) is 12.1 Å². The van der Waals surface area contributed by atoms with Crippen LogP contribution in [0.25, 0.3) is 0 Å². The van der Waals surface area contributed by atoms with Gasteiger partial charge in [0.05, 0.1) is 0 Å². The van der Waals surface area contributed by atoms with E-state index in [1.807, 2.05) is 0 Å². The topological polar surface area (TPSA) is 76.4 Å². The van der Waals surface area contributed by atoms with Crippen LogP contribution in [0.1, 0.15) is 29.1 Å². The Balaban J connectivity index is 2.24. The number of aldehydes is 1. The molecule has 2 aromatic rings. The van der Waals surface area contributed by atoms with Crippen molar-refractivity contribution >= 4 is 27.9 Å². The summed E-state index contributed by atoms with van der Waals surface area (Å²) in [5, 5.41) is 0.161. The minimum absolute atomic E-state index is 0.0456. The summed E-state index contributed by atoms with van der Waals surface area (Å²) in [5.41, 5.74) is 0.653. The number of hydrogen-bond donors (Lipinski definition) is 1. The molecule has 0 bridgehead atoms. The van der Waals surface area contributed by atoms with Gasteiger partial charge in [-0.1, -0.05) is 29.8 Å². The Labute approximate surface area is 121 Å². The quantitative estimate of drug-likeness (QED) is 0.861. The number of halogens is 1. The van der Waals surface area contributed by atoms with Crippen LogP contribution in [0, 0.1) is 0 Å². The molecule has 1 atom stereocenters. The van der Waals surface area contributed by atoms with Gasteiger partial charge in [-0.2, -0.15) is 0 Å². The molecule has 1 heterocycles. The largest absolute Gasteiger partial charge is 0.440 e. The van der Waals surface area contributed by atoms with E-state index in [0.717, 1.165) is 0 Å². The zero-order valence-corrected chi connectivity index (χ0v) is 12.1. The summed E-state index contributed by atoms with van der Waals surface area (Å²) < 4.78 is 31.5. The molecule has 0 spiro atoms. The van der Waals surface area contributed by atoms with E-state index in [1.54, 1.807) is 31.2 Å². The Kier molecular flexibility index (Phi) is 4.27. The van der Waals surface area contributed by atoms with Gasteiger partial charge in [-0.25, -0.2) is 13.1 Å². The first-order valence-electron chi connectivity index (χ1n) is 5.76. The third kappa shape index (κ3) is 3.09. The summed E-state index contributed by atoms with van der Waals surface area (Å²) in [4.78, 5) is 10.5. The molecule has 1 unspecified atom stereocenters. The number of sulfonamides is 1. The highest BCUT2D eigenvalue weighted by molar-refractivity contribution is 7.89. The first kappa shape index (κ1) is 14.8. The lowest BCUT2D eigenvalue weighted by Crippen LogP contribution is -2.26. The molecule has 1 aromatic carbocycles. The molecule has 0 amide bonds. The Morgan fingerprint density at radius 3 is 2.55 bits per heavy atom. The highest BCUT2D eigenvalue weighted by Crippen LogP contribution is 2.24. The van der Waals surface area contributed by atoms with Gasteiger partial charge in [-0.05, 0) is 30.7 Å². The summed E-state index contributed by atoms with van der Waals surface area (Å²) in [5.74, 6) is -0.0456. The summed E-state index contributed by atoms with van der Waals surface area (Å²) in [6.07, 6.45) is 0.441. The second kappa shape index (κ2) is 5.78. The van der Waals surface area contributed by atoms with Crippen molar-refractivity contribution in [1.29, 1.82) is 0 Å². The van der Waals surface area contributed by atoms with Gasteiger partial charge in [0, 0.05) is 11.1 Å². The monoisotopic (exact) mass is 313 g/mol. The molecule has 0 aliphatic carbocycles. The van der Waals surface area contributed by atoms with Crippen LogP contribution in [-0.2, 0) is 10.0 Å². The molecule has 0 fully saturated rings. The Morgan fingerprint density at radius 1 is 1.25 bits per heavy atom. The molecular formula is C13H12ClNO4S. The van der Waals surface area contributed by atoms with Gasteiger partial charge in [0.2, 0.25) is 5.09 Å². The number of rotatable bonds is 5. The third-order valence-electron chi connectivity index (χ3n) is 2.69. The standard InChI is InChI=1S/C13H12ClNO4S/c1-9(11-4-2-3-5-12(11)14)15-20(17,18)13-7-6-10(8-16)19-13/h2-9,15H,1H3. The number of benzene rings is 1. The van der Waals surface area contributed by atoms with Crippen molar-refractivity contribution in [1.82, 2.24) is 4.72 Å². The Morgan fingerprint density at radius 2 is 1.95 bits per heavy atom. The molecule has 1 N–H and O–H groups in total. The normalized spacial score (nSPS) is 13.1. The van der Waals surface area contributed by atoms with Crippen LogP contribution in [0.4, 0.5) is 0 Å². The summed E-state index contributed by atoms with van der Waals surface area (Å²) in [7, 11) is -3.85. The van der Waals surface area contributed by atoms with Crippen LogP contribution < -0.4 is 4.72 Å². The van der Waals surface area contributed by atoms with E-state index >= 15 is 0 Å². The van der Waals surface area contributed by atoms with Crippen molar-refractivity contribution in [2.45, 2.75) is 18.1 Å². The van der Waals surface area contributed by atoms with Crippen LogP contribution in [0.5, 0.6) is 0 Å². The maximum Gasteiger partial charge on any atom is 0.274 e. The summed E-state index contributed by atoms with van der Waals surface area (Å²) in [6.45, 7) is 1.67. The first-order chi connectivity index (χ1) is 9.44. The van der Waals surface area contributed by atoms with Gasteiger partial charge >= 0.3 is 0 Å². The molecule has 20 heavy (non-hydrogen) atoms. The Bertz CT molecular complexity index is 723. The van der Waals surface area contributed by atoms with Crippen LogP contribution >= 0.6 is 11.6 Å². The molecule has 0 aliphatic rings. The second-order valence-corrected chi connectivity index (χ2v) is 6.19. The number of furan rings is 1. The maximum absolute atomic E-state index is 12.1. The average molecular weight is 314 g/mol. The molecule has 7 heteroatoms. The maximum atomic E-state index is 12.1. The van der Waals surface area contributed by atoms with Crippen LogP contribution in [0.2, 0.25) is 5.02 Å². The SMILES string of the molecule is CC(NS(=O)(=O)c1ccc(C=O)o1)c1ccccc1Cl. The van der Waals surface area contributed by atoms with Crippen LogP contribution in [-0.4, -0.2) is 14.7 Å². The molecule has 106 valence electrons. The zero-order chi connectivity index (χ0) is 14.8. The number of carbonyl (C=O) groups is 1. The third-order valence-corrected chi connectivity index (χ3v) is 4.44. The van der Waals surface area contributed by atoms with Crippen molar-refractivity contribution < 1.29 is 17.6 Å². The van der Waals surface area contributed by atoms with E-state index in [-0.39, 0.29) is 10.9 Å². The summed E-state index contributed by atoms with van der Waals surface area (Å²) in [6, 6.07) is 8.93. The molecule has 2 rings (SSSR count). The van der Waals surface area contributed by atoms with E-state index in [9.17, 15) is 13.2 Å². The van der Waals surface area contributed by atoms with Gasteiger partial charge < -0.3 is 4.42 Å². The molecule has 0 radical (unpaired) electrons. The fourth-order valence-electron chi connectivity index (χ4n) is 1.72. The minimum Gasteiger partial charge on any atom is -0.440 e. The van der Waals surface area contributed by atoms with Crippen molar-refractivity contribution in [3.05, 3.63) is 52.7 Å². The molecular weight excluding hydrogens is 302 g/mol. The van der Waals surface area contributed by atoms with Crippen molar-refractivity contribution in [2.75, 3.05) is 0 Å². The van der Waals surface area contributed by atoms with Gasteiger partial charge in [-0.3, -0.25) is 4.79 Å². The minimum atomic E-state index is -3.85. The van der Waals surface area contributed by atoms with E-state index < -0.39 is 16.1 Å². The first-order valence-corrected chi connectivity index (χ1v) is 7.62. The molecule has 0 saturated carbocycles. The van der Waals surface area contributed by atoms with Crippen LogP contribution in [0.3, 0.4) is 0 Å². The van der Waals surface area contributed by atoms with Crippen molar-refractivity contribution in [2.24, 2.45) is 0 Å². The summed E-state index contributed by atoms with van der Waals surface area (Å²) >= 11 is 6.02. The second-order valence-electron chi connectivity index (χ2n) is 4.14. The molecule has 5 nitrogen and oxygen atoms in total. The smallest absolute Gasteiger partial charge is 0.274 e. The average Bonchev–Trinajstić information content (AvgIpc) is 2.88. The van der Waals surface area contributed by atoms with Gasteiger partial charge in [0.25, 0.3) is 10.0 Å². The number of hydrogen-bond acceptors (Lipinski definition) is 4. The number of carbonyl (C=O) groups excluding carboxylic acids is 1. The lowest BCUT2D eigenvalue weighted by molar-refractivity contribution is 0.109. The predicted molar refractivity (Wildman–Crippen MR) is 74.3 cm³/mol. The van der Waals surface area contributed by atoms with Crippen molar-refractivity contribution in [3.63, 3.8) is 0 Å². The molecule has 1 aromatic heterocycles. The number of nitrogens with one attached hydrogen (secondary N) is 1. The van der Waals surface area contributed by atoms with Crippen molar-refractivity contribution in [3.8, 4) is 0 Å². The lowest BCUT2D eigenvalue weighted by atomic mass is 10.1.